The highest BCUT2D eigenvalue weighted by molar-refractivity contribution is 5.81. The summed E-state index contributed by atoms with van der Waals surface area (Å²) >= 11 is 0. The van der Waals surface area contributed by atoms with Gasteiger partial charge in [-0.3, -0.25) is 9.59 Å². The lowest BCUT2D eigenvalue weighted by atomic mass is 10.1. The van der Waals surface area contributed by atoms with E-state index in [0.717, 1.165) is 16.9 Å². The van der Waals surface area contributed by atoms with E-state index in [1.165, 1.54) is 12.7 Å². The number of hydrogen-bond acceptors (Lipinski definition) is 5. The van der Waals surface area contributed by atoms with E-state index >= 15 is 0 Å². The van der Waals surface area contributed by atoms with Crippen molar-refractivity contribution in [2.75, 3.05) is 26.9 Å². The number of hydrogen-bond donors (Lipinski definition) is 1. The fourth-order valence-electron chi connectivity index (χ4n) is 2.70. The van der Waals surface area contributed by atoms with Crippen LogP contribution in [0.15, 0.2) is 30.3 Å². The summed E-state index contributed by atoms with van der Waals surface area (Å²) in [5.41, 5.74) is 3.84. The average molecular weight is 385 g/mol. The number of aldehydes is 1. The third kappa shape index (κ3) is 6.01. The highest BCUT2D eigenvalue weighted by Gasteiger charge is 2.08. The molecule has 2 rings (SSSR count). The molecule has 150 valence electrons. The summed E-state index contributed by atoms with van der Waals surface area (Å²) in [5.74, 6) is 1.53. The molecule has 6 nitrogen and oxygen atoms in total. The van der Waals surface area contributed by atoms with Gasteiger partial charge < -0.3 is 19.5 Å². The fourth-order valence-corrected chi connectivity index (χ4v) is 2.70. The summed E-state index contributed by atoms with van der Waals surface area (Å²) in [4.78, 5) is 23.0. The summed E-state index contributed by atoms with van der Waals surface area (Å²) in [6.45, 7) is 6.97. The SMILES string of the molecule is COc1ccc(OCC(=O)NCCCOc2cc(C)cc(C)c2C)c(C=O)c1. The van der Waals surface area contributed by atoms with Crippen LogP contribution in [0.1, 0.15) is 33.5 Å². The van der Waals surface area contributed by atoms with Crippen molar-refractivity contribution in [1.29, 1.82) is 0 Å². The molecule has 0 spiro atoms. The van der Waals surface area contributed by atoms with E-state index in [1.807, 2.05) is 19.9 Å². The Morgan fingerprint density at radius 2 is 1.86 bits per heavy atom. The van der Waals surface area contributed by atoms with E-state index in [4.69, 9.17) is 14.2 Å². The first-order chi connectivity index (χ1) is 13.4. The van der Waals surface area contributed by atoms with Crippen molar-refractivity contribution in [1.82, 2.24) is 5.32 Å². The van der Waals surface area contributed by atoms with Crippen LogP contribution in [0.3, 0.4) is 0 Å². The average Bonchev–Trinajstić information content (AvgIpc) is 2.69. The van der Waals surface area contributed by atoms with Gasteiger partial charge in [-0.2, -0.15) is 0 Å². The van der Waals surface area contributed by atoms with E-state index in [0.29, 0.717) is 42.9 Å². The van der Waals surface area contributed by atoms with Crippen molar-refractivity contribution in [3.8, 4) is 17.2 Å². The molecule has 2 aromatic carbocycles. The van der Waals surface area contributed by atoms with Gasteiger partial charge in [-0.25, -0.2) is 0 Å². The molecule has 0 radical (unpaired) electrons. The van der Waals surface area contributed by atoms with E-state index < -0.39 is 0 Å². The highest BCUT2D eigenvalue weighted by Crippen LogP contribution is 2.23. The normalized spacial score (nSPS) is 10.3. The number of ether oxygens (including phenoxy) is 3. The van der Waals surface area contributed by atoms with Crippen LogP contribution >= 0.6 is 0 Å². The van der Waals surface area contributed by atoms with Gasteiger partial charge in [0, 0.05) is 6.54 Å². The summed E-state index contributed by atoms with van der Waals surface area (Å²) in [5, 5.41) is 2.78. The molecule has 6 heteroatoms. The molecule has 0 aromatic heterocycles. The predicted octanol–water partition coefficient (Wildman–Crippen LogP) is 3.40. The molecule has 0 aliphatic carbocycles. The van der Waals surface area contributed by atoms with Crippen LogP contribution < -0.4 is 19.5 Å². The predicted molar refractivity (Wildman–Crippen MR) is 108 cm³/mol. The van der Waals surface area contributed by atoms with E-state index in [9.17, 15) is 9.59 Å². The molecule has 0 unspecified atom stereocenters. The first-order valence-corrected chi connectivity index (χ1v) is 9.18. The number of carbonyl (C=O) groups excluding carboxylic acids is 2. The Bertz CT molecular complexity index is 832. The van der Waals surface area contributed by atoms with Gasteiger partial charge in [-0.1, -0.05) is 6.07 Å². The van der Waals surface area contributed by atoms with Crippen molar-refractivity contribution < 1.29 is 23.8 Å². The second kappa shape index (κ2) is 10.3. The van der Waals surface area contributed by atoms with Gasteiger partial charge in [0.25, 0.3) is 5.91 Å². The second-order valence-corrected chi connectivity index (χ2v) is 6.57. The molecule has 0 saturated carbocycles. The van der Waals surface area contributed by atoms with E-state index in [-0.39, 0.29) is 12.5 Å². The number of nitrogens with one attached hydrogen (secondary N) is 1. The standard InChI is InChI=1S/C22H27NO5/c1-15-10-16(2)17(3)21(11-15)27-9-5-8-23-22(25)14-28-20-7-6-19(26-4)12-18(20)13-24/h6-7,10-13H,5,8-9,14H2,1-4H3,(H,23,25). The molecule has 1 N–H and O–H groups in total. The molecule has 28 heavy (non-hydrogen) atoms. The van der Waals surface area contributed by atoms with Gasteiger partial charge >= 0.3 is 0 Å². The molecule has 0 fully saturated rings. The molecular formula is C22H27NO5. The number of benzene rings is 2. The van der Waals surface area contributed by atoms with Crippen molar-refractivity contribution in [2.24, 2.45) is 0 Å². The number of aryl methyl sites for hydroxylation is 2. The van der Waals surface area contributed by atoms with Crippen LogP contribution in [0.25, 0.3) is 0 Å². The summed E-state index contributed by atoms with van der Waals surface area (Å²) < 4.78 is 16.3. The molecule has 0 bridgehead atoms. The Morgan fingerprint density at radius 3 is 2.57 bits per heavy atom. The first-order valence-electron chi connectivity index (χ1n) is 9.18. The maximum atomic E-state index is 11.9. The van der Waals surface area contributed by atoms with Crippen LogP contribution in [0.5, 0.6) is 17.2 Å². The zero-order valence-electron chi connectivity index (χ0n) is 16.8. The van der Waals surface area contributed by atoms with Crippen LogP contribution in [-0.4, -0.2) is 39.1 Å². The van der Waals surface area contributed by atoms with E-state index in [1.54, 1.807) is 18.2 Å². The third-order valence-corrected chi connectivity index (χ3v) is 4.37. The third-order valence-electron chi connectivity index (χ3n) is 4.37. The quantitative estimate of drug-likeness (QED) is 0.501. The Morgan fingerprint density at radius 1 is 1.07 bits per heavy atom. The van der Waals surface area contributed by atoms with E-state index in [2.05, 4.69) is 18.3 Å². The van der Waals surface area contributed by atoms with Crippen molar-refractivity contribution in [2.45, 2.75) is 27.2 Å². The maximum absolute atomic E-state index is 11.9. The summed E-state index contributed by atoms with van der Waals surface area (Å²) in [7, 11) is 1.52. The van der Waals surface area contributed by atoms with Crippen molar-refractivity contribution in [3.05, 3.63) is 52.6 Å². The van der Waals surface area contributed by atoms with Crippen LogP contribution in [0.2, 0.25) is 0 Å². The van der Waals surface area contributed by atoms with Gasteiger partial charge in [-0.05, 0) is 68.1 Å². The lowest BCUT2D eigenvalue weighted by Crippen LogP contribution is -2.30. The molecule has 0 heterocycles. The zero-order valence-corrected chi connectivity index (χ0v) is 16.8. The fraction of sp³-hybridized carbons (Fsp3) is 0.364. The Hall–Kier alpha value is -3.02. The van der Waals surface area contributed by atoms with Crippen LogP contribution in [0.4, 0.5) is 0 Å². The lowest BCUT2D eigenvalue weighted by molar-refractivity contribution is -0.123. The van der Waals surface area contributed by atoms with Gasteiger partial charge in [0.2, 0.25) is 0 Å². The number of rotatable bonds is 10. The minimum absolute atomic E-state index is 0.162. The lowest BCUT2D eigenvalue weighted by Gasteiger charge is -2.13. The molecule has 2 aromatic rings. The topological polar surface area (TPSA) is 73.9 Å². The minimum Gasteiger partial charge on any atom is -0.497 e. The second-order valence-electron chi connectivity index (χ2n) is 6.57. The number of carbonyl (C=O) groups is 2. The Kier molecular flexibility index (Phi) is 7.87. The summed E-state index contributed by atoms with van der Waals surface area (Å²) in [6, 6.07) is 8.99. The maximum Gasteiger partial charge on any atom is 0.257 e. The van der Waals surface area contributed by atoms with Crippen molar-refractivity contribution in [3.63, 3.8) is 0 Å². The monoisotopic (exact) mass is 385 g/mol. The number of methoxy groups -OCH3 is 1. The minimum atomic E-state index is -0.254. The molecule has 0 aliphatic rings. The number of amides is 1. The molecule has 0 aliphatic heterocycles. The Labute approximate surface area is 165 Å². The van der Waals surface area contributed by atoms with Gasteiger partial charge in [0.15, 0.2) is 12.9 Å². The van der Waals surface area contributed by atoms with Gasteiger partial charge in [0.05, 0.1) is 19.3 Å². The van der Waals surface area contributed by atoms with Gasteiger partial charge in [0.1, 0.15) is 17.2 Å². The Balaban J connectivity index is 1.72. The first kappa shape index (κ1) is 21.3. The van der Waals surface area contributed by atoms with Crippen LogP contribution in [-0.2, 0) is 4.79 Å². The summed E-state index contributed by atoms with van der Waals surface area (Å²) in [6.07, 6.45) is 1.35. The molecule has 1 amide bonds. The zero-order chi connectivity index (χ0) is 20.5. The van der Waals surface area contributed by atoms with Crippen molar-refractivity contribution >= 4 is 12.2 Å². The molecule has 0 saturated heterocycles. The largest absolute Gasteiger partial charge is 0.497 e. The van der Waals surface area contributed by atoms with Gasteiger partial charge in [-0.15, -0.1) is 0 Å². The molecular weight excluding hydrogens is 358 g/mol. The molecule has 0 atom stereocenters. The smallest absolute Gasteiger partial charge is 0.257 e. The van der Waals surface area contributed by atoms with Crippen LogP contribution in [0, 0.1) is 20.8 Å². The highest BCUT2D eigenvalue weighted by atomic mass is 16.5.